The third-order valence-electron chi connectivity index (χ3n) is 4.47. The molecule has 0 saturated heterocycles. The van der Waals surface area contributed by atoms with Crippen LogP contribution in [0.5, 0.6) is 0 Å². The molecule has 5 nitrogen and oxygen atoms in total. The number of rotatable bonds is 7. The highest BCUT2D eigenvalue weighted by Gasteiger charge is 2.44. The first-order valence-electron chi connectivity index (χ1n) is 7.52. The lowest BCUT2D eigenvalue weighted by Gasteiger charge is -2.44. The molecule has 0 aromatic rings. The molecular formula is C15H30N2O3. The quantitative estimate of drug-likeness (QED) is 0.717. The van der Waals surface area contributed by atoms with Crippen LogP contribution in [0.15, 0.2) is 0 Å². The van der Waals surface area contributed by atoms with E-state index in [4.69, 9.17) is 9.47 Å². The fraction of sp³-hybridized carbons (Fsp3) is 0.933. The van der Waals surface area contributed by atoms with E-state index >= 15 is 0 Å². The van der Waals surface area contributed by atoms with Crippen molar-refractivity contribution in [3.63, 3.8) is 0 Å². The number of nitrogens with zero attached hydrogens (tertiary/aromatic N) is 1. The van der Waals surface area contributed by atoms with E-state index in [0.29, 0.717) is 12.1 Å². The van der Waals surface area contributed by atoms with E-state index < -0.39 is 5.54 Å². The molecule has 0 spiro atoms. The summed E-state index contributed by atoms with van der Waals surface area (Å²) < 4.78 is 10.2. The minimum atomic E-state index is -0.530. The number of methoxy groups -OCH3 is 2. The maximum Gasteiger partial charge on any atom is 0.326 e. The molecule has 0 aromatic carbocycles. The van der Waals surface area contributed by atoms with Gasteiger partial charge in [-0.3, -0.25) is 9.69 Å². The number of esters is 1. The van der Waals surface area contributed by atoms with Crippen molar-refractivity contribution in [2.75, 3.05) is 34.4 Å². The zero-order valence-electron chi connectivity index (χ0n) is 13.6. The summed E-state index contributed by atoms with van der Waals surface area (Å²) in [7, 11) is 5.05. The number of ether oxygens (including phenoxy) is 2. The van der Waals surface area contributed by atoms with Crippen LogP contribution < -0.4 is 5.32 Å². The summed E-state index contributed by atoms with van der Waals surface area (Å²) in [5.74, 6) is -0.139. The van der Waals surface area contributed by atoms with Crippen molar-refractivity contribution in [1.82, 2.24) is 10.2 Å². The van der Waals surface area contributed by atoms with Gasteiger partial charge in [-0.15, -0.1) is 0 Å². The number of hydrogen-bond acceptors (Lipinski definition) is 5. The molecule has 1 fully saturated rings. The van der Waals surface area contributed by atoms with Crippen LogP contribution in [0.4, 0.5) is 0 Å². The van der Waals surface area contributed by atoms with Crippen molar-refractivity contribution in [3.8, 4) is 0 Å². The lowest BCUT2D eigenvalue weighted by Crippen LogP contribution is -2.58. The monoisotopic (exact) mass is 286 g/mol. The Bertz CT molecular complexity index is 309. The van der Waals surface area contributed by atoms with Crippen LogP contribution in [0.1, 0.15) is 39.5 Å². The van der Waals surface area contributed by atoms with Gasteiger partial charge in [0.15, 0.2) is 0 Å². The molecule has 1 rings (SSSR count). The van der Waals surface area contributed by atoms with Crippen LogP contribution in [0.3, 0.4) is 0 Å². The summed E-state index contributed by atoms with van der Waals surface area (Å²) in [6.45, 7) is 6.02. The standard InChI is InChI=1S/C15H30N2O3/c1-12(2)17(9-10-19-4)13-7-6-8-15(11-13,16-3)14(18)20-5/h12-13,16H,6-11H2,1-5H3. The SMILES string of the molecule is CNC1(C(=O)OC)CCCC(N(CCOC)C(C)C)C1. The number of carbonyl (C=O) groups is 1. The highest BCUT2D eigenvalue weighted by atomic mass is 16.5. The molecule has 1 saturated carbocycles. The van der Waals surface area contributed by atoms with Crippen LogP contribution in [-0.4, -0.2) is 62.9 Å². The average molecular weight is 286 g/mol. The summed E-state index contributed by atoms with van der Waals surface area (Å²) in [5.41, 5.74) is -0.530. The molecule has 118 valence electrons. The van der Waals surface area contributed by atoms with Gasteiger partial charge in [-0.2, -0.15) is 0 Å². The smallest absolute Gasteiger partial charge is 0.326 e. The molecule has 5 heteroatoms. The summed E-state index contributed by atoms with van der Waals surface area (Å²) in [4.78, 5) is 14.6. The molecular weight excluding hydrogens is 256 g/mol. The van der Waals surface area contributed by atoms with Gasteiger partial charge >= 0.3 is 5.97 Å². The Morgan fingerprint density at radius 3 is 2.65 bits per heavy atom. The largest absolute Gasteiger partial charge is 0.468 e. The van der Waals surface area contributed by atoms with Gasteiger partial charge in [0.2, 0.25) is 0 Å². The number of likely N-dealkylation sites (N-methyl/N-ethyl adjacent to an activating group) is 1. The van der Waals surface area contributed by atoms with E-state index in [0.717, 1.165) is 38.8 Å². The van der Waals surface area contributed by atoms with E-state index in [1.54, 1.807) is 7.11 Å². The molecule has 2 atom stereocenters. The molecule has 1 N–H and O–H groups in total. The second-order valence-corrected chi connectivity index (χ2v) is 5.90. The number of nitrogens with one attached hydrogen (secondary N) is 1. The van der Waals surface area contributed by atoms with Crippen LogP contribution in [0, 0.1) is 0 Å². The zero-order chi connectivity index (χ0) is 15.2. The Morgan fingerprint density at radius 1 is 1.45 bits per heavy atom. The fourth-order valence-corrected chi connectivity index (χ4v) is 3.30. The second kappa shape index (κ2) is 7.96. The molecule has 0 aromatic heterocycles. The van der Waals surface area contributed by atoms with Crippen molar-refractivity contribution < 1.29 is 14.3 Å². The molecule has 0 aliphatic heterocycles. The van der Waals surface area contributed by atoms with Gasteiger partial charge in [0.05, 0.1) is 13.7 Å². The van der Waals surface area contributed by atoms with Crippen LogP contribution >= 0.6 is 0 Å². The first-order chi connectivity index (χ1) is 9.50. The Morgan fingerprint density at radius 2 is 2.15 bits per heavy atom. The Balaban J connectivity index is 2.81. The summed E-state index contributed by atoms with van der Waals surface area (Å²) in [5, 5.41) is 3.22. The van der Waals surface area contributed by atoms with E-state index in [2.05, 4.69) is 24.1 Å². The topological polar surface area (TPSA) is 50.8 Å². The number of hydrogen-bond donors (Lipinski definition) is 1. The maximum atomic E-state index is 12.1. The van der Waals surface area contributed by atoms with Crippen LogP contribution in [-0.2, 0) is 14.3 Å². The predicted molar refractivity (Wildman–Crippen MR) is 79.8 cm³/mol. The van der Waals surface area contributed by atoms with Gasteiger partial charge in [-0.25, -0.2) is 0 Å². The van der Waals surface area contributed by atoms with Gasteiger partial charge in [0.25, 0.3) is 0 Å². The van der Waals surface area contributed by atoms with Gasteiger partial charge in [-0.1, -0.05) is 0 Å². The average Bonchev–Trinajstić information content (AvgIpc) is 2.46. The van der Waals surface area contributed by atoms with Crippen molar-refractivity contribution >= 4 is 5.97 Å². The lowest BCUT2D eigenvalue weighted by atomic mass is 9.78. The minimum absolute atomic E-state index is 0.139. The van der Waals surface area contributed by atoms with E-state index in [1.807, 2.05) is 7.05 Å². The van der Waals surface area contributed by atoms with Crippen LogP contribution in [0.25, 0.3) is 0 Å². The van der Waals surface area contributed by atoms with Gasteiger partial charge in [0, 0.05) is 25.7 Å². The summed E-state index contributed by atoms with van der Waals surface area (Å²) in [6, 6.07) is 0.839. The molecule has 0 bridgehead atoms. The Hall–Kier alpha value is -0.650. The van der Waals surface area contributed by atoms with E-state index in [9.17, 15) is 4.79 Å². The molecule has 0 radical (unpaired) electrons. The van der Waals surface area contributed by atoms with Crippen LogP contribution in [0.2, 0.25) is 0 Å². The summed E-state index contributed by atoms with van der Waals surface area (Å²) >= 11 is 0. The van der Waals surface area contributed by atoms with Crippen molar-refractivity contribution in [2.45, 2.75) is 57.2 Å². The van der Waals surface area contributed by atoms with Gasteiger partial charge in [-0.05, 0) is 46.6 Å². The molecule has 1 aliphatic carbocycles. The number of carbonyl (C=O) groups excluding carboxylic acids is 1. The molecule has 0 amide bonds. The lowest BCUT2D eigenvalue weighted by molar-refractivity contribution is -0.151. The first-order valence-corrected chi connectivity index (χ1v) is 7.52. The Labute approximate surface area is 123 Å². The van der Waals surface area contributed by atoms with E-state index in [-0.39, 0.29) is 5.97 Å². The molecule has 1 aliphatic rings. The fourth-order valence-electron chi connectivity index (χ4n) is 3.30. The molecule has 0 heterocycles. The highest BCUT2D eigenvalue weighted by molar-refractivity contribution is 5.81. The van der Waals surface area contributed by atoms with Crippen molar-refractivity contribution in [2.24, 2.45) is 0 Å². The predicted octanol–water partition coefficient (Wildman–Crippen LogP) is 1.42. The zero-order valence-corrected chi connectivity index (χ0v) is 13.6. The summed E-state index contributed by atoms with van der Waals surface area (Å²) in [6.07, 6.45) is 3.82. The minimum Gasteiger partial charge on any atom is -0.468 e. The first kappa shape index (κ1) is 17.4. The molecule has 20 heavy (non-hydrogen) atoms. The third-order valence-corrected chi connectivity index (χ3v) is 4.47. The Kier molecular flexibility index (Phi) is 6.92. The van der Waals surface area contributed by atoms with Gasteiger partial charge < -0.3 is 14.8 Å². The van der Waals surface area contributed by atoms with E-state index in [1.165, 1.54) is 7.11 Å². The maximum absolute atomic E-state index is 12.1. The normalized spacial score (nSPS) is 27.1. The third kappa shape index (κ3) is 3.93. The highest BCUT2D eigenvalue weighted by Crippen LogP contribution is 2.32. The van der Waals surface area contributed by atoms with Crippen molar-refractivity contribution in [1.29, 1.82) is 0 Å². The van der Waals surface area contributed by atoms with Gasteiger partial charge in [0.1, 0.15) is 5.54 Å². The second-order valence-electron chi connectivity index (χ2n) is 5.90. The van der Waals surface area contributed by atoms with Crippen molar-refractivity contribution in [3.05, 3.63) is 0 Å². The molecule has 2 unspecified atom stereocenters.